The molecule has 0 aromatic heterocycles. The van der Waals surface area contributed by atoms with Crippen molar-refractivity contribution in [1.29, 1.82) is 0 Å². The standard InChI is InChI=1S/C11H13/c1-2-11(8-9-11)10-6-4-3-5-7-10/h2-7H,8-9H2,1H3. The van der Waals surface area contributed by atoms with Crippen molar-refractivity contribution in [1.82, 2.24) is 0 Å². The van der Waals surface area contributed by atoms with Gasteiger partial charge in [0.2, 0.25) is 0 Å². The summed E-state index contributed by atoms with van der Waals surface area (Å²) in [6, 6.07) is 10.8. The molecular formula is C11H13. The van der Waals surface area contributed by atoms with Gasteiger partial charge < -0.3 is 0 Å². The minimum Gasteiger partial charge on any atom is -0.0622 e. The minimum absolute atomic E-state index is 0.460. The second-order valence-electron chi connectivity index (χ2n) is 3.31. The molecule has 0 N–H and O–H groups in total. The van der Waals surface area contributed by atoms with Gasteiger partial charge in [-0.2, -0.15) is 0 Å². The minimum atomic E-state index is 0.460. The number of hydrogen-bond donors (Lipinski definition) is 0. The first-order valence-electron chi connectivity index (χ1n) is 4.23. The van der Waals surface area contributed by atoms with Crippen molar-refractivity contribution in [2.45, 2.75) is 25.2 Å². The molecule has 1 aromatic rings. The number of benzene rings is 1. The van der Waals surface area contributed by atoms with E-state index in [9.17, 15) is 0 Å². The summed E-state index contributed by atoms with van der Waals surface area (Å²) in [6.45, 7) is 2.17. The molecular weight excluding hydrogens is 132 g/mol. The van der Waals surface area contributed by atoms with Crippen LogP contribution in [0.3, 0.4) is 0 Å². The Morgan fingerprint density at radius 3 is 2.27 bits per heavy atom. The van der Waals surface area contributed by atoms with E-state index in [4.69, 9.17) is 0 Å². The average molecular weight is 145 g/mol. The molecule has 1 fully saturated rings. The van der Waals surface area contributed by atoms with Crippen molar-refractivity contribution < 1.29 is 0 Å². The highest BCUT2D eigenvalue weighted by molar-refractivity contribution is 5.34. The molecule has 0 spiro atoms. The molecule has 1 aromatic carbocycles. The van der Waals surface area contributed by atoms with Crippen molar-refractivity contribution in [2.24, 2.45) is 0 Å². The van der Waals surface area contributed by atoms with Gasteiger partial charge in [-0.05, 0) is 30.2 Å². The van der Waals surface area contributed by atoms with E-state index in [1.165, 1.54) is 18.4 Å². The van der Waals surface area contributed by atoms with Crippen molar-refractivity contribution >= 4 is 0 Å². The highest BCUT2D eigenvalue weighted by Gasteiger charge is 2.42. The zero-order valence-corrected chi connectivity index (χ0v) is 6.88. The molecule has 0 atom stereocenters. The zero-order chi connectivity index (χ0) is 7.73. The first kappa shape index (κ1) is 6.90. The molecule has 2 rings (SSSR count). The summed E-state index contributed by atoms with van der Waals surface area (Å²) >= 11 is 0. The van der Waals surface area contributed by atoms with Crippen LogP contribution in [0, 0.1) is 6.42 Å². The molecule has 1 aliphatic rings. The van der Waals surface area contributed by atoms with E-state index in [-0.39, 0.29) is 0 Å². The largest absolute Gasteiger partial charge is 0.0622 e. The maximum absolute atomic E-state index is 2.34. The van der Waals surface area contributed by atoms with E-state index in [1.807, 2.05) is 0 Å². The van der Waals surface area contributed by atoms with Crippen LogP contribution in [-0.2, 0) is 5.41 Å². The molecule has 0 heteroatoms. The Bertz CT molecular complexity index is 231. The highest BCUT2D eigenvalue weighted by Crippen LogP contribution is 2.49. The van der Waals surface area contributed by atoms with Crippen LogP contribution < -0.4 is 0 Å². The van der Waals surface area contributed by atoms with E-state index < -0.39 is 0 Å². The smallest absolute Gasteiger partial charge is 0.00179 e. The molecule has 0 heterocycles. The van der Waals surface area contributed by atoms with E-state index in [0.29, 0.717) is 5.41 Å². The van der Waals surface area contributed by atoms with Crippen molar-refractivity contribution in [3.05, 3.63) is 42.3 Å². The Labute approximate surface area is 68.3 Å². The normalized spacial score (nSPS) is 19.7. The maximum atomic E-state index is 2.34. The monoisotopic (exact) mass is 145 g/mol. The van der Waals surface area contributed by atoms with Crippen LogP contribution >= 0.6 is 0 Å². The van der Waals surface area contributed by atoms with Gasteiger partial charge in [0.1, 0.15) is 0 Å². The second-order valence-corrected chi connectivity index (χ2v) is 3.31. The fourth-order valence-corrected chi connectivity index (χ4v) is 1.65. The van der Waals surface area contributed by atoms with Crippen LogP contribution in [0.4, 0.5) is 0 Å². The third-order valence-electron chi connectivity index (χ3n) is 2.69. The molecule has 57 valence electrons. The van der Waals surface area contributed by atoms with Crippen molar-refractivity contribution in [3.8, 4) is 0 Å². The molecule has 0 saturated heterocycles. The van der Waals surface area contributed by atoms with Gasteiger partial charge >= 0.3 is 0 Å². The summed E-state index contributed by atoms with van der Waals surface area (Å²) in [6.07, 6.45) is 5.02. The summed E-state index contributed by atoms with van der Waals surface area (Å²) in [4.78, 5) is 0. The van der Waals surface area contributed by atoms with Crippen LogP contribution in [0.15, 0.2) is 30.3 Å². The molecule has 0 aliphatic heterocycles. The highest BCUT2D eigenvalue weighted by atomic mass is 14.5. The Hall–Kier alpha value is -0.780. The predicted molar refractivity (Wildman–Crippen MR) is 47.3 cm³/mol. The van der Waals surface area contributed by atoms with Gasteiger partial charge in [0.05, 0.1) is 0 Å². The SMILES string of the molecule is C[CH]C1(c2ccccc2)CC1. The topological polar surface area (TPSA) is 0 Å². The quantitative estimate of drug-likeness (QED) is 0.600. The van der Waals surface area contributed by atoms with Gasteiger partial charge in [0, 0.05) is 0 Å². The molecule has 1 radical (unpaired) electrons. The third kappa shape index (κ3) is 1.07. The first-order valence-corrected chi connectivity index (χ1v) is 4.23. The van der Waals surface area contributed by atoms with Gasteiger partial charge in [-0.3, -0.25) is 0 Å². The zero-order valence-electron chi connectivity index (χ0n) is 6.88. The van der Waals surface area contributed by atoms with E-state index >= 15 is 0 Å². The summed E-state index contributed by atoms with van der Waals surface area (Å²) in [5, 5.41) is 0. The van der Waals surface area contributed by atoms with Crippen LogP contribution in [0.2, 0.25) is 0 Å². The Kier molecular flexibility index (Phi) is 1.49. The van der Waals surface area contributed by atoms with Crippen LogP contribution in [0.1, 0.15) is 25.3 Å². The molecule has 0 bridgehead atoms. The molecule has 0 unspecified atom stereocenters. The van der Waals surface area contributed by atoms with Gasteiger partial charge in [0.15, 0.2) is 0 Å². The van der Waals surface area contributed by atoms with E-state index in [1.54, 1.807) is 0 Å². The lowest BCUT2D eigenvalue weighted by atomic mass is 9.94. The molecule has 0 nitrogen and oxygen atoms in total. The van der Waals surface area contributed by atoms with Crippen LogP contribution in [-0.4, -0.2) is 0 Å². The lowest BCUT2D eigenvalue weighted by Gasteiger charge is -2.11. The summed E-state index contributed by atoms with van der Waals surface area (Å²) in [5.74, 6) is 0. The summed E-state index contributed by atoms with van der Waals surface area (Å²) < 4.78 is 0. The molecule has 0 amide bonds. The average Bonchev–Trinajstić information content (AvgIpc) is 2.86. The van der Waals surface area contributed by atoms with Crippen LogP contribution in [0.5, 0.6) is 0 Å². The second kappa shape index (κ2) is 2.37. The van der Waals surface area contributed by atoms with Gasteiger partial charge in [-0.1, -0.05) is 37.3 Å². The maximum Gasteiger partial charge on any atom is -0.00179 e. The van der Waals surface area contributed by atoms with Crippen molar-refractivity contribution in [2.75, 3.05) is 0 Å². The van der Waals surface area contributed by atoms with Gasteiger partial charge in [0.25, 0.3) is 0 Å². The van der Waals surface area contributed by atoms with Gasteiger partial charge in [-0.15, -0.1) is 0 Å². The van der Waals surface area contributed by atoms with Crippen molar-refractivity contribution in [3.63, 3.8) is 0 Å². The van der Waals surface area contributed by atoms with Gasteiger partial charge in [-0.25, -0.2) is 0 Å². The fraction of sp³-hybridized carbons (Fsp3) is 0.364. The Balaban J connectivity index is 2.30. The lowest BCUT2D eigenvalue weighted by Crippen LogP contribution is -2.03. The molecule has 11 heavy (non-hydrogen) atoms. The van der Waals surface area contributed by atoms with E-state index in [2.05, 4.69) is 43.7 Å². The fourth-order valence-electron chi connectivity index (χ4n) is 1.65. The summed E-state index contributed by atoms with van der Waals surface area (Å²) in [7, 11) is 0. The first-order chi connectivity index (χ1) is 5.37. The number of hydrogen-bond acceptors (Lipinski definition) is 0. The van der Waals surface area contributed by atoms with Crippen LogP contribution in [0.25, 0.3) is 0 Å². The molecule has 1 saturated carbocycles. The number of rotatable bonds is 2. The Morgan fingerprint density at radius 2 is 1.82 bits per heavy atom. The molecule has 1 aliphatic carbocycles. The third-order valence-corrected chi connectivity index (χ3v) is 2.69. The summed E-state index contributed by atoms with van der Waals surface area (Å²) in [5.41, 5.74) is 1.95. The predicted octanol–water partition coefficient (Wildman–Crippen LogP) is 2.94. The Morgan fingerprint density at radius 1 is 1.18 bits per heavy atom. The lowest BCUT2D eigenvalue weighted by molar-refractivity contribution is 0.813. The van der Waals surface area contributed by atoms with E-state index in [0.717, 1.165) is 0 Å².